The van der Waals surface area contributed by atoms with Gasteiger partial charge in [-0.05, 0) is 44.7 Å². The Kier molecular flexibility index (Phi) is 8.97. The lowest BCUT2D eigenvalue weighted by Gasteiger charge is -2.22. The lowest BCUT2D eigenvalue weighted by atomic mass is 10.0. The second kappa shape index (κ2) is 10.2. The zero-order chi connectivity index (χ0) is 18.1. The molecular weight excluding hydrogens is 337 g/mol. The first-order chi connectivity index (χ1) is 11.3. The summed E-state index contributed by atoms with van der Waals surface area (Å²) in [5.74, 6) is 0. The number of hydrogen-bond acceptors (Lipinski definition) is 3. The molecule has 1 N–H and O–H groups in total. The highest BCUT2D eigenvalue weighted by Gasteiger charge is 2.35. The first kappa shape index (κ1) is 21.2. The molecule has 0 aliphatic rings. The molecule has 7 heteroatoms. The zero-order valence-electron chi connectivity index (χ0n) is 14.4. The van der Waals surface area contributed by atoms with E-state index in [0.717, 1.165) is 31.7 Å². The van der Waals surface area contributed by atoms with Gasteiger partial charge in [-0.1, -0.05) is 31.0 Å². The molecule has 0 amide bonds. The molecule has 3 nitrogen and oxygen atoms in total. The molecule has 138 valence electrons. The average molecular weight is 364 g/mol. The van der Waals surface area contributed by atoms with Crippen molar-refractivity contribution in [3.05, 3.63) is 35.4 Å². The first-order valence-electron chi connectivity index (χ1n) is 8.47. The fraction of sp³-hybridized carbons (Fsp3) is 0.647. The van der Waals surface area contributed by atoms with E-state index >= 15 is 0 Å². The molecule has 0 saturated carbocycles. The number of halogens is 3. The molecule has 0 spiro atoms. The summed E-state index contributed by atoms with van der Waals surface area (Å²) in [6, 6.07) is 6.02. The van der Waals surface area contributed by atoms with Crippen LogP contribution in [0.5, 0.6) is 0 Å². The molecule has 1 rings (SSSR count). The van der Waals surface area contributed by atoms with Crippen molar-refractivity contribution in [2.75, 3.05) is 13.2 Å². The van der Waals surface area contributed by atoms with Crippen LogP contribution in [0.15, 0.2) is 24.3 Å². The molecule has 0 aliphatic carbocycles. The van der Waals surface area contributed by atoms with Gasteiger partial charge in [-0.25, -0.2) is 0 Å². The van der Waals surface area contributed by atoms with Crippen LogP contribution < -0.4 is 0 Å². The standard InChI is InChI=1S/C17H27F3O3Si/c1-3-22-24(21,23-4-2)13-8-6-5-7-10-15-11-9-12-16(14-15)17(18,19)20/h9,11-12,14,21H,3-8,10,13H2,1-2H3. The van der Waals surface area contributed by atoms with Crippen LogP contribution >= 0.6 is 0 Å². The van der Waals surface area contributed by atoms with Crippen molar-refractivity contribution >= 4 is 8.80 Å². The van der Waals surface area contributed by atoms with E-state index in [9.17, 15) is 18.0 Å². The molecule has 0 aliphatic heterocycles. The predicted molar refractivity (Wildman–Crippen MR) is 89.6 cm³/mol. The third-order valence-electron chi connectivity index (χ3n) is 3.70. The highest BCUT2D eigenvalue weighted by Crippen LogP contribution is 2.29. The fourth-order valence-corrected chi connectivity index (χ4v) is 4.54. The van der Waals surface area contributed by atoms with E-state index in [2.05, 4.69) is 0 Å². The molecule has 0 aromatic heterocycles. The van der Waals surface area contributed by atoms with Crippen LogP contribution in [-0.4, -0.2) is 26.8 Å². The summed E-state index contributed by atoms with van der Waals surface area (Å²) < 4.78 is 48.7. The van der Waals surface area contributed by atoms with Gasteiger partial charge < -0.3 is 13.6 Å². The second-order valence-corrected chi connectivity index (χ2v) is 8.19. The van der Waals surface area contributed by atoms with Crippen molar-refractivity contribution in [1.82, 2.24) is 0 Å². The van der Waals surface area contributed by atoms with Crippen molar-refractivity contribution < 1.29 is 26.8 Å². The van der Waals surface area contributed by atoms with Gasteiger partial charge in [0.2, 0.25) is 0 Å². The van der Waals surface area contributed by atoms with Crippen LogP contribution in [0, 0.1) is 0 Å². The second-order valence-electron chi connectivity index (χ2n) is 5.69. The number of unbranched alkanes of at least 4 members (excludes halogenated alkanes) is 3. The molecular formula is C17H27F3O3Si. The van der Waals surface area contributed by atoms with Crippen LogP contribution in [-0.2, 0) is 21.4 Å². The largest absolute Gasteiger partial charge is 0.498 e. The van der Waals surface area contributed by atoms with Crippen LogP contribution in [0.4, 0.5) is 13.2 Å². The quantitative estimate of drug-likeness (QED) is 0.452. The number of aryl methyl sites for hydroxylation is 1. The van der Waals surface area contributed by atoms with E-state index in [0.29, 0.717) is 31.2 Å². The maximum atomic E-state index is 12.7. The summed E-state index contributed by atoms with van der Waals surface area (Å²) in [6.45, 7) is 4.51. The number of rotatable bonds is 11. The minimum Gasteiger partial charge on any atom is -0.390 e. The van der Waals surface area contributed by atoms with E-state index in [4.69, 9.17) is 8.85 Å². The van der Waals surface area contributed by atoms with Crippen molar-refractivity contribution in [2.45, 2.75) is 58.2 Å². The Morgan fingerprint density at radius 3 is 2.21 bits per heavy atom. The Hall–Kier alpha value is -0.893. The summed E-state index contributed by atoms with van der Waals surface area (Å²) in [4.78, 5) is 10.2. The van der Waals surface area contributed by atoms with Gasteiger partial charge in [-0.3, -0.25) is 0 Å². The summed E-state index contributed by atoms with van der Waals surface area (Å²) in [7, 11) is -3.03. The highest BCUT2D eigenvalue weighted by molar-refractivity contribution is 6.59. The van der Waals surface area contributed by atoms with E-state index in [1.54, 1.807) is 6.07 Å². The highest BCUT2D eigenvalue weighted by atomic mass is 28.4. The lowest BCUT2D eigenvalue weighted by molar-refractivity contribution is -0.137. The Balaban J connectivity index is 2.29. The summed E-state index contributed by atoms with van der Waals surface area (Å²) in [5.41, 5.74) is 0.115. The Bertz CT molecular complexity index is 474. The third kappa shape index (κ3) is 7.79. The Labute approximate surface area is 143 Å². The topological polar surface area (TPSA) is 38.7 Å². The van der Waals surface area contributed by atoms with E-state index in [1.807, 2.05) is 13.8 Å². The summed E-state index contributed by atoms with van der Waals surface area (Å²) >= 11 is 0. The van der Waals surface area contributed by atoms with Crippen molar-refractivity contribution in [3.63, 3.8) is 0 Å². The van der Waals surface area contributed by atoms with E-state index in [1.165, 1.54) is 12.1 Å². The molecule has 0 bridgehead atoms. The number of hydrogen-bond donors (Lipinski definition) is 1. The van der Waals surface area contributed by atoms with Crippen molar-refractivity contribution in [2.24, 2.45) is 0 Å². The molecule has 0 atom stereocenters. The Morgan fingerprint density at radius 1 is 1.00 bits per heavy atom. The SMILES string of the molecule is CCO[Si](O)(CCCCCCc1cccc(C(F)(F)F)c1)OCC. The molecule has 0 saturated heterocycles. The normalized spacial score (nSPS) is 12.6. The van der Waals surface area contributed by atoms with Crippen LogP contribution in [0.2, 0.25) is 6.04 Å². The van der Waals surface area contributed by atoms with E-state index < -0.39 is 20.5 Å². The van der Waals surface area contributed by atoms with Gasteiger partial charge in [-0.2, -0.15) is 13.2 Å². The van der Waals surface area contributed by atoms with Gasteiger partial charge in [0.25, 0.3) is 0 Å². The third-order valence-corrected chi connectivity index (χ3v) is 6.17. The monoisotopic (exact) mass is 364 g/mol. The first-order valence-corrected chi connectivity index (χ1v) is 10.4. The number of benzene rings is 1. The number of alkyl halides is 3. The van der Waals surface area contributed by atoms with Crippen molar-refractivity contribution in [1.29, 1.82) is 0 Å². The van der Waals surface area contributed by atoms with Crippen molar-refractivity contribution in [3.8, 4) is 0 Å². The smallest absolute Gasteiger partial charge is 0.390 e. The van der Waals surface area contributed by atoms with Gasteiger partial charge in [0.1, 0.15) is 0 Å². The average Bonchev–Trinajstić information content (AvgIpc) is 2.51. The fourth-order valence-electron chi connectivity index (χ4n) is 2.57. The lowest BCUT2D eigenvalue weighted by Crippen LogP contribution is -2.42. The molecule has 0 unspecified atom stereocenters. The van der Waals surface area contributed by atoms with Crippen LogP contribution in [0.1, 0.15) is 50.7 Å². The zero-order valence-corrected chi connectivity index (χ0v) is 15.4. The van der Waals surface area contributed by atoms with Gasteiger partial charge in [0.15, 0.2) is 0 Å². The van der Waals surface area contributed by atoms with Crippen LogP contribution in [0.25, 0.3) is 0 Å². The van der Waals surface area contributed by atoms with Gasteiger partial charge >= 0.3 is 15.0 Å². The molecule has 1 aromatic carbocycles. The summed E-state index contributed by atoms with van der Waals surface area (Å²) in [5, 5.41) is 0. The molecule has 24 heavy (non-hydrogen) atoms. The maximum absolute atomic E-state index is 12.7. The van der Waals surface area contributed by atoms with E-state index in [-0.39, 0.29) is 0 Å². The van der Waals surface area contributed by atoms with Gasteiger partial charge in [-0.15, -0.1) is 0 Å². The molecule has 0 heterocycles. The van der Waals surface area contributed by atoms with Gasteiger partial charge in [0, 0.05) is 19.3 Å². The maximum Gasteiger partial charge on any atom is 0.498 e. The van der Waals surface area contributed by atoms with Crippen LogP contribution in [0.3, 0.4) is 0 Å². The predicted octanol–water partition coefficient (Wildman–Crippen LogP) is 4.81. The minimum absolute atomic E-state index is 0.429. The van der Waals surface area contributed by atoms with Gasteiger partial charge in [0.05, 0.1) is 5.56 Å². The molecule has 0 fully saturated rings. The minimum atomic E-state index is -4.29. The molecule has 1 aromatic rings. The molecule has 0 radical (unpaired) electrons. The summed E-state index contributed by atoms with van der Waals surface area (Å²) in [6.07, 6.45) is -0.241. The Morgan fingerprint density at radius 2 is 1.62 bits per heavy atom.